The van der Waals surface area contributed by atoms with E-state index in [0.29, 0.717) is 22.9 Å². The average molecular weight is 492 g/mol. The molecule has 1 fully saturated rings. The number of carboxylic acid groups (broad SMARTS) is 1. The van der Waals surface area contributed by atoms with E-state index in [9.17, 15) is 19.5 Å². The first kappa shape index (κ1) is 23.0. The van der Waals surface area contributed by atoms with Crippen LogP contribution in [0.4, 0.5) is 4.79 Å². The molecule has 180 valence electrons. The van der Waals surface area contributed by atoms with E-state index in [1.54, 1.807) is 0 Å². The average Bonchev–Trinajstić information content (AvgIpc) is 3.49. The van der Waals surface area contributed by atoms with E-state index in [1.165, 1.54) is 11.1 Å². The number of alkyl carbamates (subject to hydrolysis) is 1. The number of nitrogens with zero attached hydrogens (tertiary/aromatic N) is 2. The molecule has 0 saturated carbocycles. The zero-order valence-electron chi connectivity index (χ0n) is 19.0. The summed E-state index contributed by atoms with van der Waals surface area (Å²) in [7, 11) is 0. The van der Waals surface area contributed by atoms with Crippen molar-refractivity contribution in [2.24, 2.45) is 0 Å². The van der Waals surface area contributed by atoms with Crippen LogP contribution < -0.4 is 5.32 Å². The molecule has 9 heteroatoms. The van der Waals surface area contributed by atoms with Crippen LogP contribution in [0.15, 0.2) is 54.7 Å². The number of piperidine rings is 1. The monoisotopic (exact) mass is 491 g/mol. The Kier molecular flexibility index (Phi) is 6.50. The van der Waals surface area contributed by atoms with Gasteiger partial charge in [-0.2, -0.15) is 0 Å². The van der Waals surface area contributed by atoms with Gasteiger partial charge in [0.25, 0.3) is 5.91 Å². The number of aromatic nitrogens is 1. The lowest BCUT2D eigenvalue weighted by Crippen LogP contribution is -2.47. The number of nitrogens with one attached hydrogen (secondary N) is 1. The van der Waals surface area contributed by atoms with Crippen molar-refractivity contribution < 1.29 is 24.2 Å². The van der Waals surface area contributed by atoms with Gasteiger partial charge in [-0.1, -0.05) is 48.5 Å². The van der Waals surface area contributed by atoms with Crippen LogP contribution in [0.5, 0.6) is 0 Å². The minimum Gasteiger partial charge on any atom is -0.480 e. The summed E-state index contributed by atoms with van der Waals surface area (Å²) in [4.78, 5) is 42.7. The van der Waals surface area contributed by atoms with Crippen molar-refractivity contribution in [1.82, 2.24) is 15.2 Å². The minimum absolute atomic E-state index is 0.0241. The van der Waals surface area contributed by atoms with Gasteiger partial charge in [-0.25, -0.2) is 14.6 Å². The van der Waals surface area contributed by atoms with Crippen LogP contribution in [0.2, 0.25) is 0 Å². The fourth-order valence-corrected chi connectivity index (χ4v) is 5.67. The number of likely N-dealkylation sites (tertiary alicyclic amines) is 1. The Morgan fingerprint density at radius 3 is 2.43 bits per heavy atom. The highest BCUT2D eigenvalue weighted by Crippen LogP contribution is 2.44. The van der Waals surface area contributed by atoms with Crippen LogP contribution >= 0.6 is 11.3 Å². The van der Waals surface area contributed by atoms with Crippen molar-refractivity contribution >= 4 is 29.3 Å². The van der Waals surface area contributed by atoms with Crippen LogP contribution in [-0.2, 0) is 16.1 Å². The number of amides is 2. The summed E-state index contributed by atoms with van der Waals surface area (Å²) < 4.78 is 5.54. The molecule has 1 aromatic heterocycles. The van der Waals surface area contributed by atoms with E-state index < -0.39 is 18.1 Å². The van der Waals surface area contributed by atoms with E-state index in [1.807, 2.05) is 24.3 Å². The Labute approximate surface area is 206 Å². The molecular formula is C26H25N3O5S. The number of rotatable bonds is 6. The predicted octanol–water partition coefficient (Wildman–Crippen LogP) is 4.26. The Hall–Kier alpha value is -3.72. The third-order valence-corrected chi connectivity index (χ3v) is 7.53. The lowest BCUT2D eigenvalue weighted by Gasteiger charge is -2.32. The van der Waals surface area contributed by atoms with Crippen LogP contribution in [0, 0.1) is 0 Å². The Bertz CT molecular complexity index is 1230. The summed E-state index contributed by atoms with van der Waals surface area (Å²) in [6, 6.07) is 15.5. The lowest BCUT2D eigenvalue weighted by molar-refractivity contribution is -0.143. The molecule has 2 amide bonds. The number of aliphatic carboxylic acids is 1. The molecule has 5 rings (SSSR count). The maximum Gasteiger partial charge on any atom is 0.407 e. The number of carbonyl (C=O) groups is 3. The van der Waals surface area contributed by atoms with Gasteiger partial charge < -0.3 is 20.1 Å². The predicted molar refractivity (Wildman–Crippen MR) is 130 cm³/mol. The van der Waals surface area contributed by atoms with E-state index in [0.717, 1.165) is 46.4 Å². The Morgan fingerprint density at radius 2 is 1.74 bits per heavy atom. The first-order valence-electron chi connectivity index (χ1n) is 11.6. The van der Waals surface area contributed by atoms with Crippen molar-refractivity contribution in [2.45, 2.75) is 37.8 Å². The van der Waals surface area contributed by atoms with Crippen molar-refractivity contribution in [1.29, 1.82) is 0 Å². The first-order chi connectivity index (χ1) is 17.0. The lowest BCUT2D eigenvalue weighted by atomic mass is 9.98. The van der Waals surface area contributed by atoms with Gasteiger partial charge in [0.15, 0.2) is 0 Å². The van der Waals surface area contributed by atoms with E-state index in [-0.39, 0.29) is 25.0 Å². The van der Waals surface area contributed by atoms with E-state index in [2.05, 4.69) is 34.6 Å². The van der Waals surface area contributed by atoms with Gasteiger partial charge in [-0.05, 0) is 41.5 Å². The minimum atomic E-state index is -0.986. The summed E-state index contributed by atoms with van der Waals surface area (Å²) in [6.45, 7) is 0.755. The van der Waals surface area contributed by atoms with Gasteiger partial charge in [-0.3, -0.25) is 4.79 Å². The standard InChI is InChI=1S/C26H25N3O5S/c30-24(29-12-6-5-11-21(29)25(31)32)22-13-27-23(35-22)14-28-26(33)34-15-20-18-9-3-1-7-16(18)17-8-2-4-10-19(17)20/h1-4,7-10,13,20-21H,5-6,11-12,14-15H2,(H,28,33)(H,31,32). The normalized spacial score (nSPS) is 16.9. The van der Waals surface area contributed by atoms with Gasteiger partial charge >= 0.3 is 12.1 Å². The number of thiazole rings is 1. The first-order valence-corrected chi connectivity index (χ1v) is 12.4. The molecule has 1 saturated heterocycles. The summed E-state index contributed by atoms with van der Waals surface area (Å²) in [5.41, 5.74) is 4.61. The van der Waals surface area contributed by atoms with Crippen LogP contribution in [0.1, 0.15) is 51.0 Å². The van der Waals surface area contributed by atoms with Gasteiger partial charge in [0.1, 0.15) is 22.5 Å². The number of hydrogen-bond acceptors (Lipinski definition) is 6. The van der Waals surface area contributed by atoms with Crippen LogP contribution in [-0.4, -0.2) is 52.2 Å². The van der Waals surface area contributed by atoms with Gasteiger partial charge in [0.05, 0.1) is 12.7 Å². The highest BCUT2D eigenvalue weighted by molar-refractivity contribution is 7.13. The summed E-state index contributed by atoms with van der Waals surface area (Å²) >= 11 is 1.15. The molecule has 1 unspecified atom stereocenters. The zero-order chi connectivity index (χ0) is 24.4. The quantitative estimate of drug-likeness (QED) is 0.533. The molecule has 0 radical (unpaired) electrons. The Morgan fingerprint density at radius 1 is 1.06 bits per heavy atom. The molecule has 2 aromatic carbocycles. The maximum absolute atomic E-state index is 12.8. The fraction of sp³-hybridized carbons (Fsp3) is 0.308. The number of carboxylic acids is 1. The second-order valence-electron chi connectivity index (χ2n) is 8.65. The van der Waals surface area contributed by atoms with Crippen molar-refractivity contribution in [3.8, 4) is 11.1 Å². The molecule has 1 aliphatic heterocycles. The van der Waals surface area contributed by atoms with Crippen LogP contribution in [0.3, 0.4) is 0 Å². The van der Waals surface area contributed by atoms with Crippen molar-refractivity contribution in [3.63, 3.8) is 0 Å². The molecule has 0 bridgehead atoms. The molecule has 2 heterocycles. The van der Waals surface area contributed by atoms with Gasteiger partial charge in [0.2, 0.25) is 0 Å². The Balaban J connectivity index is 1.17. The summed E-state index contributed by atoms with van der Waals surface area (Å²) in [5.74, 6) is -1.34. The largest absolute Gasteiger partial charge is 0.480 e. The van der Waals surface area contributed by atoms with Crippen molar-refractivity contribution in [2.75, 3.05) is 13.2 Å². The molecular weight excluding hydrogens is 466 g/mol. The van der Waals surface area contributed by atoms with Crippen LogP contribution in [0.25, 0.3) is 11.1 Å². The topological polar surface area (TPSA) is 109 Å². The van der Waals surface area contributed by atoms with Gasteiger partial charge in [0, 0.05) is 12.5 Å². The summed E-state index contributed by atoms with van der Waals surface area (Å²) in [5, 5.41) is 12.7. The van der Waals surface area contributed by atoms with E-state index >= 15 is 0 Å². The number of benzene rings is 2. The second-order valence-corrected chi connectivity index (χ2v) is 9.76. The number of ether oxygens (including phenoxy) is 1. The number of fused-ring (bicyclic) bond motifs is 3. The summed E-state index contributed by atoms with van der Waals surface area (Å²) in [6.07, 6.45) is 2.91. The fourth-order valence-electron chi connectivity index (χ4n) is 4.86. The molecule has 35 heavy (non-hydrogen) atoms. The van der Waals surface area contributed by atoms with Crippen molar-refractivity contribution in [3.05, 3.63) is 75.7 Å². The maximum atomic E-state index is 12.8. The molecule has 3 aromatic rings. The molecule has 2 N–H and O–H groups in total. The van der Waals surface area contributed by atoms with E-state index in [4.69, 9.17) is 4.74 Å². The number of carbonyl (C=O) groups excluding carboxylic acids is 2. The molecule has 1 atom stereocenters. The molecule has 0 spiro atoms. The zero-order valence-corrected chi connectivity index (χ0v) is 19.8. The number of hydrogen-bond donors (Lipinski definition) is 2. The molecule has 2 aliphatic rings. The SMILES string of the molecule is O=C(NCc1ncc(C(=O)N2CCCCC2C(=O)O)s1)OCC1c2ccccc2-c2ccccc21. The highest BCUT2D eigenvalue weighted by atomic mass is 32.1. The van der Waals surface area contributed by atoms with Gasteiger partial charge in [-0.15, -0.1) is 11.3 Å². The highest BCUT2D eigenvalue weighted by Gasteiger charge is 2.33. The third-order valence-electron chi connectivity index (χ3n) is 6.54. The molecule has 8 nitrogen and oxygen atoms in total. The second kappa shape index (κ2) is 9.87. The smallest absolute Gasteiger partial charge is 0.407 e. The third kappa shape index (κ3) is 4.64. The molecule has 1 aliphatic carbocycles.